The van der Waals surface area contributed by atoms with Crippen molar-refractivity contribution in [3.63, 3.8) is 0 Å². The van der Waals surface area contributed by atoms with Gasteiger partial charge in [0.05, 0.1) is 12.2 Å². The van der Waals surface area contributed by atoms with Gasteiger partial charge < -0.3 is 4.74 Å². The summed E-state index contributed by atoms with van der Waals surface area (Å²) in [5.41, 5.74) is 0.314. The van der Waals surface area contributed by atoms with Crippen molar-refractivity contribution in [3.05, 3.63) is 12.2 Å². The molecule has 1 nitrogen and oxygen atoms in total. The summed E-state index contributed by atoms with van der Waals surface area (Å²) in [4.78, 5) is 0. The largest absolute Gasteiger partial charge is 0.374 e. The summed E-state index contributed by atoms with van der Waals surface area (Å²) in [7, 11) is 0. The van der Waals surface area contributed by atoms with E-state index in [1.165, 1.54) is 19.3 Å². The first kappa shape index (κ1) is 5.48. The molecule has 1 aliphatic heterocycles. The van der Waals surface area contributed by atoms with E-state index >= 15 is 0 Å². The van der Waals surface area contributed by atoms with E-state index in [1.54, 1.807) is 0 Å². The molecular weight excluding hydrogens is 112 g/mol. The van der Waals surface area contributed by atoms with Crippen molar-refractivity contribution in [2.24, 2.45) is 0 Å². The van der Waals surface area contributed by atoms with Gasteiger partial charge in [0.1, 0.15) is 0 Å². The highest BCUT2D eigenvalue weighted by Crippen LogP contribution is 2.37. The third kappa shape index (κ3) is 0.799. The second-order valence-corrected chi connectivity index (χ2v) is 3.00. The molecule has 0 radical (unpaired) electrons. The second-order valence-electron chi connectivity index (χ2n) is 3.00. The average molecular weight is 124 g/mol. The van der Waals surface area contributed by atoms with E-state index in [-0.39, 0.29) is 0 Å². The molecule has 1 spiro atoms. The highest BCUT2D eigenvalue weighted by atomic mass is 16.5. The van der Waals surface area contributed by atoms with Crippen molar-refractivity contribution in [3.8, 4) is 0 Å². The lowest BCUT2D eigenvalue weighted by Crippen LogP contribution is -2.43. The van der Waals surface area contributed by atoms with Crippen LogP contribution in [0.3, 0.4) is 0 Å². The molecule has 1 heteroatoms. The summed E-state index contributed by atoms with van der Waals surface area (Å²) in [5, 5.41) is 0. The van der Waals surface area contributed by atoms with Gasteiger partial charge in [-0.2, -0.15) is 0 Å². The Morgan fingerprint density at radius 1 is 1.22 bits per heavy atom. The number of rotatable bonds is 0. The summed E-state index contributed by atoms with van der Waals surface area (Å²) >= 11 is 0. The lowest BCUT2D eigenvalue weighted by molar-refractivity contribution is -0.150. The summed E-state index contributed by atoms with van der Waals surface area (Å²) in [6, 6.07) is 0. The van der Waals surface area contributed by atoms with Crippen molar-refractivity contribution >= 4 is 0 Å². The lowest BCUT2D eigenvalue weighted by atomic mass is 9.83. The van der Waals surface area contributed by atoms with Gasteiger partial charge in [-0.3, -0.25) is 0 Å². The van der Waals surface area contributed by atoms with Crippen LogP contribution in [0.15, 0.2) is 12.2 Å². The Kier molecular flexibility index (Phi) is 1.12. The van der Waals surface area contributed by atoms with Gasteiger partial charge in [0.2, 0.25) is 0 Å². The van der Waals surface area contributed by atoms with Crippen LogP contribution >= 0.6 is 0 Å². The number of hydrogen-bond acceptors (Lipinski definition) is 1. The molecule has 1 heterocycles. The highest BCUT2D eigenvalue weighted by molar-refractivity contribution is 5.02. The maximum absolute atomic E-state index is 5.51. The van der Waals surface area contributed by atoms with Gasteiger partial charge in [0.15, 0.2) is 0 Å². The molecule has 0 N–H and O–H groups in total. The van der Waals surface area contributed by atoms with Crippen LogP contribution in [0.1, 0.15) is 25.7 Å². The molecular formula is C8H12O. The topological polar surface area (TPSA) is 9.23 Å². The fourth-order valence-corrected chi connectivity index (χ4v) is 1.61. The van der Waals surface area contributed by atoms with Crippen LogP contribution in [0, 0.1) is 0 Å². The van der Waals surface area contributed by atoms with Crippen LogP contribution in [0.5, 0.6) is 0 Å². The first-order valence-electron chi connectivity index (χ1n) is 3.70. The van der Waals surface area contributed by atoms with Crippen molar-refractivity contribution in [2.75, 3.05) is 6.61 Å². The van der Waals surface area contributed by atoms with Gasteiger partial charge in [0, 0.05) is 6.42 Å². The molecule has 2 aliphatic rings. The smallest absolute Gasteiger partial charge is 0.0741 e. The van der Waals surface area contributed by atoms with E-state index in [1.807, 2.05) is 0 Å². The number of hydrogen-bond donors (Lipinski definition) is 0. The van der Waals surface area contributed by atoms with E-state index in [0.29, 0.717) is 5.60 Å². The first-order valence-corrected chi connectivity index (χ1v) is 3.70. The molecule has 0 aromatic rings. The maximum Gasteiger partial charge on any atom is 0.0741 e. The Bertz CT molecular complexity index is 134. The molecule has 0 amide bonds. The number of ether oxygens (including phenoxy) is 1. The minimum absolute atomic E-state index is 0.314. The lowest BCUT2D eigenvalue weighted by Gasteiger charge is -2.42. The van der Waals surface area contributed by atoms with Gasteiger partial charge >= 0.3 is 0 Å². The molecule has 1 aliphatic carbocycles. The molecule has 1 fully saturated rings. The Hall–Kier alpha value is -0.300. The van der Waals surface area contributed by atoms with E-state index in [2.05, 4.69) is 12.2 Å². The predicted molar refractivity (Wildman–Crippen MR) is 36.3 cm³/mol. The average Bonchev–Trinajstić information content (AvgIpc) is 1.87. The zero-order valence-electron chi connectivity index (χ0n) is 5.60. The zero-order valence-corrected chi connectivity index (χ0v) is 5.60. The van der Waals surface area contributed by atoms with E-state index in [0.717, 1.165) is 13.0 Å². The molecule has 0 aromatic heterocycles. The highest BCUT2D eigenvalue weighted by Gasteiger charge is 2.37. The molecule has 0 bridgehead atoms. The van der Waals surface area contributed by atoms with Gasteiger partial charge in [-0.05, 0) is 19.3 Å². The minimum atomic E-state index is 0.314. The van der Waals surface area contributed by atoms with Crippen LogP contribution in [0.4, 0.5) is 0 Å². The molecule has 9 heavy (non-hydrogen) atoms. The second kappa shape index (κ2) is 1.84. The number of allylic oxidation sites excluding steroid dienone is 1. The molecule has 1 saturated heterocycles. The quantitative estimate of drug-likeness (QED) is 0.448. The van der Waals surface area contributed by atoms with Crippen LogP contribution < -0.4 is 0 Å². The van der Waals surface area contributed by atoms with Crippen LogP contribution in [0.2, 0.25) is 0 Å². The first-order chi connectivity index (χ1) is 4.41. The van der Waals surface area contributed by atoms with E-state index in [9.17, 15) is 0 Å². The minimum Gasteiger partial charge on any atom is -0.374 e. The Balaban J connectivity index is 2.04. The normalized spacial score (nSPS) is 40.9. The molecule has 2 rings (SSSR count). The predicted octanol–water partition coefficient (Wildman–Crippen LogP) is 1.89. The van der Waals surface area contributed by atoms with E-state index in [4.69, 9.17) is 4.74 Å². The molecule has 0 saturated carbocycles. The summed E-state index contributed by atoms with van der Waals surface area (Å²) in [6.07, 6.45) is 9.43. The van der Waals surface area contributed by atoms with Crippen LogP contribution in [-0.2, 0) is 4.74 Å². The fourth-order valence-electron chi connectivity index (χ4n) is 1.61. The van der Waals surface area contributed by atoms with Gasteiger partial charge in [-0.15, -0.1) is 0 Å². The summed E-state index contributed by atoms with van der Waals surface area (Å²) in [6.45, 7) is 0.994. The molecule has 50 valence electrons. The zero-order chi connectivity index (χ0) is 6.16. The van der Waals surface area contributed by atoms with E-state index < -0.39 is 0 Å². The van der Waals surface area contributed by atoms with Crippen molar-refractivity contribution in [1.29, 1.82) is 0 Å². The fraction of sp³-hybridized carbons (Fsp3) is 0.750. The monoisotopic (exact) mass is 124 g/mol. The van der Waals surface area contributed by atoms with Crippen molar-refractivity contribution < 1.29 is 4.74 Å². The SMILES string of the molecule is C1=CCC2(CC1)CCO2. The van der Waals surface area contributed by atoms with Gasteiger partial charge in [0.25, 0.3) is 0 Å². The van der Waals surface area contributed by atoms with Gasteiger partial charge in [-0.1, -0.05) is 12.2 Å². The van der Waals surface area contributed by atoms with Gasteiger partial charge in [-0.25, -0.2) is 0 Å². The summed E-state index contributed by atoms with van der Waals surface area (Å²) in [5.74, 6) is 0. The molecule has 1 atom stereocenters. The Morgan fingerprint density at radius 3 is 2.44 bits per heavy atom. The Morgan fingerprint density at radius 2 is 2.11 bits per heavy atom. The standard InChI is InChI=1S/C8H12O/c1-2-4-8(5-3-1)6-7-9-8/h1-2H,3-7H2. The third-order valence-corrected chi connectivity index (χ3v) is 2.39. The van der Waals surface area contributed by atoms with Crippen LogP contribution in [-0.4, -0.2) is 12.2 Å². The molecule has 0 aromatic carbocycles. The van der Waals surface area contributed by atoms with Crippen LogP contribution in [0.25, 0.3) is 0 Å². The third-order valence-electron chi connectivity index (χ3n) is 2.39. The van der Waals surface area contributed by atoms with Crippen molar-refractivity contribution in [2.45, 2.75) is 31.3 Å². The summed E-state index contributed by atoms with van der Waals surface area (Å²) < 4.78 is 5.51. The Labute approximate surface area is 55.7 Å². The maximum atomic E-state index is 5.51. The van der Waals surface area contributed by atoms with Crippen molar-refractivity contribution in [1.82, 2.24) is 0 Å². The molecule has 1 unspecified atom stereocenters.